The highest BCUT2D eigenvalue weighted by Crippen LogP contribution is 1.99. The molecular weight excluding hydrogens is 124 g/mol. The summed E-state index contributed by atoms with van der Waals surface area (Å²) in [6.45, 7) is 0. The molecule has 0 rings (SSSR count). The minimum absolute atomic E-state index is 0.192. The molecule has 0 heterocycles. The average Bonchev–Trinajstić information content (AvgIpc) is 1.63. The van der Waals surface area contributed by atoms with Gasteiger partial charge in [0.1, 0.15) is 0 Å². The van der Waals surface area contributed by atoms with Gasteiger partial charge in [0.05, 0.1) is 0 Å². The van der Waals surface area contributed by atoms with Gasteiger partial charge in [0.2, 0.25) is 0 Å². The molecule has 0 unspecified atom stereocenters. The van der Waals surface area contributed by atoms with Crippen LogP contribution in [-0.4, -0.2) is 33.0 Å². The van der Waals surface area contributed by atoms with E-state index >= 15 is 0 Å². The predicted octanol–water partition coefficient (Wildman–Crippen LogP) is -1.22. The monoisotopic (exact) mass is 136 g/mol. The first-order chi connectivity index (χ1) is 4.13. The quantitative estimate of drug-likeness (QED) is 0.365. The zero-order valence-corrected chi connectivity index (χ0v) is 5.06. The number of aliphatic hydroxyl groups is 4. The number of hydrogen-bond acceptors (Lipinski definition) is 4. The lowest BCUT2D eigenvalue weighted by Gasteiger charge is -2.03. The lowest BCUT2D eigenvalue weighted by atomic mass is 10.2. The molecule has 0 radical (unpaired) electrons. The molecule has 0 amide bonds. The van der Waals surface area contributed by atoms with Crippen molar-refractivity contribution in [3.63, 3.8) is 0 Å². The standard InChI is InChI=1S/C5H12O4/c6-4(7)2-1-3-5(8)9/h4-9H,1-3H2. The Morgan fingerprint density at radius 3 is 1.33 bits per heavy atom. The van der Waals surface area contributed by atoms with Crippen LogP contribution in [0.15, 0.2) is 0 Å². The van der Waals surface area contributed by atoms with Crippen LogP contribution in [0.3, 0.4) is 0 Å². The Morgan fingerprint density at radius 2 is 1.11 bits per heavy atom. The molecule has 0 saturated heterocycles. The van der Waals surface area contributed by atoms with E-state index in [0.717, 1.165) is 0 Å². The third-order valence-electron chi connectivity index (χ3n) is 0.925. The highest BCUT2D eigenvalue weighted by atomic mass is 16.5. The molecule has 0 aliphatic heterocycles. The van der Waals surface area contributed by atoms with Crippen molar-refractivity contribution in [2.75, 3.05) is 0 Å². The molecule has 0 saturated carbocycles. The van der Waals surface area contributed by atoms with Crippen LogP contribution in [0.1, 0.15) is 19.3 Å². The summed E-state index contributed by atoms with van der Waals surface area (Å²) in [6.07, 6.45) is -1.86. The molecule has 9 heavy (non-hydrogen) atoms. The largest absolute Gasteiger partial charge is 0.368 e. The lowest BCUT2D eigenvalue weighted by Crippen LogP contribution is -2.08. The van der Waals surface area contributed by atoms with Crippen LogP contribution in [-0.2, 0) is 0 Å². The molecule has 0 bridgehead atoms. The van der Waals surface area contributed by atoms with E-state index in [2.05, 4.69) is 0 Å². The van der Waals surface area contributed by atoms with Gasteiger partial charge in [0, 0.05) is 0 Å². The molecule has 0 aliphatic rings. The molecule has 0 aliphatic carbocycles. The van der Waals surface area contributed by atoms with E-state index in [1.165, 1.54) is 0 Å². The lowest BCUT2D eigenvalue weighted by molar-refractivity contribution is -0.0665. The van der Waals surface area contributed by atoms with Crippen LogP contribution in [0.2, 0.25) is 0 Å². The topological polar surface area (TPSA) is 80.9 Å². The van der Waals surface area contributed by atoms with Gasteiger partial charge in [-0.25, -0.2) is 0 Å². The molecule has 0 aromatic heterocycles. The molecule has 4 N–H and O–H groups in total. The normalized spacial score (nSPS) is 11.3. The molecule has 0 aromatic carbocycles. The number of aliphatic hydroxyl groups excluding tert-OH is 2. The summed E-state index contributed by atoms with van der Waals surface area (Å²) < 4.78 is 0. The maximum absolute atomic E-state index is 8.26. The Kier molecular flexibility index (Phi) is 4.61. The molecule has 0 spiro atoms. The molecule has 4 nitrogen and oxygen atoms in total. The molecule has 0 aromatic rings. The van der Waals surface area contributed by atoms with E-state index in [4.69, 9.17) is 20.4 Å². The fourth-order valence-electron chi connectivity index (χ4n) is 0.483. The van der Waals surface area contributed by atoms with Gasteiger partial charge in [-0.1, -0.05) is 0 Å². The van der Waals surface area contributed by atoms with Crippen LogP contribution >= 0.6 is 0 Å². The Labute approximate surface area is 53.4 Å². The first-order valence-electron chi connectivity index (χ1n) is 2.85. The molecule has 56 valence electrons. The van der Waals surface area contributed by atoms with Crippen LogP contribution in [0.4, 0.5) is 0 Å². The summed E-state index contributed by atoms with van der Waals surface area (Å²) >= 11 is 0. The van der Waals surface area contributed by atoms with Gasteiger partial charge < -0.3 is 20.4 Å². The van der Waals surface area contributed by atoms with Crippen LogP contribution in [0.25, 0.3) is 0 Å². The SMILES string of the molecule is OC(O)CCCC(O)O. The fraction of sp³-hybridized carbons (Fsp3) is 1.00. The summed E-state index contributed by atoms with van der Waals surface area (Å²) in [6, 6.07) is 0. The van der Waals surface area contributed by atoms with E-state index in [0.29, 0.717) is 6.42 Å². The third-order valence-corrected chi connectivity index (χ3v) is 0.925. The maximum atomic E-state index is 8.26. The highest BCUT2D eigenvalue weighted by Gasteiger charge is 2.00. The maximum Gasteiger partial charge on any atom is 0.151 e. The van der Waals surface area contributed by atoms with E-state index in [1.54, 1.807) is 0 Å². The van der Waals surface area contributed by atoms with Gasteiger partial charge in [-0.2, -0.15) is 0 Å². The third kappa shape index (κ3) is 7.84. The average molecular weight is 136 g/mol. The Hall–Kier alpha value is -0.160. The van der Waals surface area contributed by atoms with Crippen molar-refractivity contribution >= 4 is 0 Å². The Morgan fingerprint density at radius 1 is 0.778 bits per heavy atom. The minimum Gasteiger partial charge on any atom is -0.368 e. The Balaban J connectivity index is 2.91. The zero-order chi connectivity index (χ0) is 7.28. The van der Waals surface area contributed by atoms with Crippen molar-refractivity contribution < 1.29 is 20.4 Å². The summed E-state index contributed by atoms with van der Waals surface area (Å²) in [5, 5.41) is 33.0. The molecular formula is C5H12O4. The highest BCUT2D eigenvalue weighted by molar-refractivity contribution is 4.43. The van der Waals surface area contributed by atoms with Gasteiger partial charge in [-0.05, 0) is 19.3 Å². The number of rotatable bonds is 4. The minimum atomic E-state index is -1.33. The molecule has 0 fully saturated rings. The van der Waals surface area contributed by atoms with E-state index < -0.39 is 12.6 Å². The van der Waals surface area contributed by atoms with E-state index in [-0.39, 0.29) is 12.8 Å². The number of hydrogen-bond donors (Lipinski definition) is 4. The van der Waals surface area contributed by atoms with Crippen LogP contribution in [0.5, 0.6) is 0 Å². The first-order valence-corrected chi connectivity index (χ1v) is 2.85. The van der Waals surface area contributed by atoms with Gasteiger partial charge in [-0.3, -0.25) is 0 Å². The fourth-order valence-corrected chi connectivity index (χ4v) is 0.483. The van der Waals surface area contributed by atoms with Crippen LogP contribution in [0, 0.1) is 0 Å². The van der Waals surface area contributed by atoms with Crippen molar-refractivity contribution in [2.45, 2.75) is 31.8 Å². The van der Waals surface area contributed by atoms with E-state index in [1.807, 2.05) is 0 Å². The van der Waals surface area contributed by atoms with Crippen LogP contribution < -0.4 is 0 Å². The van der Waals surface area contributed by atoms with Gasteiger partial charge in [0.25, 0.3) is 0 Å². The second-order valence-electron chi connectivity index (χ2n) is 1.89. The van der Waals surface area contributed by atoms with Crippen molar-refractivity contribution in [2.24, 2.45) is 0 Å². The summed E-state index contributed by atoms with van der Waals surface area (Å²) in [5.41, 5.74) is 0. The van der Waals surface area contributed by atoms with Gasteiger partial charge >= 0.3 is 0 Å². The Bertz CT molecular complexity index is 54.0. The molecule has 4 heteroatoms. The summed E-state index contributed by atoms with van der Waals surface area (Å²) in [4.78, 5) is 0. The summed E-state index contributed by atoms with van der Waals surface area (Å²) in [5.74, 6) is 0. The van der Waals surface area contributed by atoms with Crippen molar-refractivity contribution in [3.8, 4) is 0 Å². The predicted molar refractivity (Wildman–Crippen MR) is 30.3 cm³/mol. The van der Waals surface area contributed by atoms with Gasteiger partial charge in [-0.15, -0.1) is 0 Å². The van der Waals surface area contributed by atoms with Crippen molar-refractivity contribution in [3.05, 3.63) is 0 Å². The summed E-state index contributed by atoms with van der Waals surface area (Å²) in [7, 11) is 0. The zero-order valence-electron chi connectivity index (χ0n) is 5.06. The first kappa shape index (κ1) is 8.84. The smallest absolute Gasteiger partial charge is 0.151 e. The molecule has 0 atom stereocenters. The van der Waals surface area contributed by atoms with Crippen molar-refractivity contribution in [1.29, 1.82) is 0 Å². The second kappa shape index (κ2) is 4.69. The van der Waals surface area contributed by atoms with Gasteiger partial charge in [0.15, 0.2) is 12.6 Å². The second-order valence-corrected chi connectivity index (χ2v) is 1.89. The van der Waals surface area contributed by atoms with Crippen molar-refractivity contribution in [1.82, 2.24) is 0 Å². The van der Waals surface area contributed by atoms with E-state index in [9.17, 15) is 0 Å².